The zero-order valence-electron chi connectivity index (χ0n) is 11.2. The predicted molar refractivity (Wildman–Crippen MR) is 75.8 cm³/mol. The lowest BCUT2D eigenvalue weighted by Crippen LogP contribution is -2.14. The van der Waals surface area contributed by atoms with Gasteiger partial charge in [-0.15, -0.1) is 0 Å². The largest absolute Gasteiger partial charge is 0.478 e. The first-order valence-corrected chi connectivity index (χ1v) is 6.32. The molecule has 1 aromatic carbocycles. The Morgan fingerprint density at radius 1 is 1.42 bits per heavy atom. The van der Waals surface area contributed by atoms with Crippen LogP contribution in [0.2, 0.25) is 0 Å². The van der Waals surface area contributed by atoms with Crippen LogP contribution in [0.1, 0.15) is 32.3 Å². The number of rotatable bonds is 6. The van der Waals surface area contributed by atoms with Crippen molar-refractivity contribution in [3.05, 3.63) is 35.9 Å². The average Bonchev–Trinajstić information content (AvgIpc) is 2.36. The maximum absolute atomic E-state index is 11.7. The second-order valence-electron chi connectivity index (χ2n) is 4.56. The van der Waals surface area contributed by atoms with Gasteiger partial charge in [0, 0.05) is 18.2 Å². The summed E-state index contributed by atoms with van der Waals surface area (Å²) in [7, 11) is 0. The highest BCUT2D eigenvalue weighted by atomic mass is 16.4. The van der Waals surface area contributed by atoms with Gasteiger partial charge in [-0.2, -0.15) is 0 Å². The summed E-state index contributed by atoms with van der Waals surface area (Å²) in [6.07, 6.45) is 4.02. The van der Waals surface area contributed by atoms with Crippen LogP contribution in [-0.4, -0.2) is 17.0 Å². The van der Waals surface area contributed by atoms with E-state index >= 15 is 0 Å². The van der Waals surface area contributed by atoms with E-state index < -0.39 is 5.97 Å². The van der Waals surface area contributed by atoms with E-state index in [2.05, 4.69) is 12.2 Å². The highest BCUT2D eigenvalue weighted by Crippen LogP contribution is 2.14. The summed E-state index contributed by atoms with van der Waals surface area (Å²) >= 11 is 0. The normalized spacial score (nSPS) is 12.3. The third-order valence-electron chi connectivity index (χ3n) is 2.82. The Hall–Kier alpha value is -2.10. The fraction of sp³-hybridized carbons (Fsp3) is 0.333. The molecule has 0 saturated heterocycles. The SMILES string of the molecule is CCC(C)CC(=O)Nc1cccc(/C=C/C(=O)O)c1. The maximum atomic E-state index is 11.7. The van der Waals surface area contributed by atoms with E-state index in [9.17, 15) is 9.59 Å². The Morgan fingerprint density at radius 2 is 2.16 bits per heavy atom. The zero-order valence-corrected chi connectivity index (χ0v) is 11.2. The Morgan fingerprint density at radius 3 is 2.79 bits per heavy atom. The van der Waals surface area contributed by atoms with Crippen LogP contribution in [0.5, 0.6) is 0 Å². The topological polar surface area (TPSA) is 66.4 Å². The monoisotopic (exact) mass is 261 g/mol. The quantitative estimate of drug-likeness (QED) is 0.773. The van der Waals surface area contributed by atoms with Crippen LogP contribution in [0, 0.1) is 5.92 Å². The lowest BCUT2D eigenvalue weighted by Gasteiger charge is -2.09. The smallest absolute Gasteiger partial charge is 0.328 e. The lowest BCUT2D eigenvalue weighted by atomic mass is 10.0. The second kappa shape index (κ2) is 7.36. The molecule has 4 nitrogen and oxygen atoms in total. The first kappa shape index (κ1) is 15.0. The molecule has 0 spiro atoms. The molecular formula is C15H19NO3. The van der Waals surface area contributed by atoms with E-state index in [-0.39, 0.29) is 5.91 Å². The van der Waals surface area contributed by atoms with Gasteiger partial charge in [-0.1, -0.05) is 32.4 Å². The van der Waals surface area contributed by atoms with E-state index in [0.29, 0.717) is 18.0 Å². The molecule has 1 unspecified atom stereocenters. The molecule has 19 heavy (non-hydrogen) atoms. The predicted octanol–water partition coefficient (Wildman–Crippen LogP) is 3.16. The molecule has 1 aromatic rings. The van der Waals surface area contributed by atoms with Crippen LogP contribution in [0.15, 0.2) is 30.3 Å². The fourth-order valence-electron chi connectivity index (χ4n) is 1.56. The average molecular weight is 261 g/mol. The highest BCUT2D eigenvalue weighted by Gasteiger charge is 2.07. The number of carbonyl (C=O) groups is 2. The van der Waals surface area contributed by atoms with Crippen molar-refractivity contribution >= 4 is 23.6 Å². The number of nitrogens with one attached hydrogen (secondary N) is 1. The summed E-state index contributed by atoms with van der Waals surface area (Å²) in [5.41, 5.74) is 1.42. The maximum Gasteiger partial charge on any atom is 0.328 e. The standard InChI is InChI=1S/C15H19NO3/c1-3-11(2)9-14(17)16-13-6-4-5-12(10-13)7-8-15(18)19/h4-8,10-11H,3,9H2,1-2H3,(H,16,17)(H,18,19)/b8-7+. The molecule has 0 aliphatic heterocycles. The molecule has 0 aromatic heterocycles. The molecular weight excluding hydrogens is 242 g/mol. The van der Waals surface area contributed by atoms with Crippen molar-refractivity contribution in [3.8, 4) is 0 Å². The summed E-state index contributed by atoms with van der Waals surface area (Å²) < 4.78 is 0. The number of benzene rings is 1. The third-order valence-corrected chi connectivity index (χ3v) is 2.82. The molecule has 0 aliphatic carbocycles. The number of carbonyl (C=O) groups excluding carboxylic acids is 1. The summed E-state index contributed by atoms with van der Waals surface area (Å²) in [5.74, 6) is -0.657. The van der Waals surface area contributed by atoms with Gasteiger partial charge in [0.1, 0.15) is 0 Å². The molecule has 1 rings (SSSR count). The van der Waals surface area contributed by atoms with Crippen molar-refractivity contribution < 1.29 is 14.7 Å². The van der Waals surface area contributed by atoms with Gasteiger partial charge in [0.25, 0.3) is 0 Å². The van der Waals surface area contributed by atoms with Crippen molar-refractivity contribution in [1.82, 2.24) is 0 Å². The first-order valence-electron chi connectivity index (χ1n) is 6.32. The number of amides is 1. The third kappa shape index (κ3) is 5.86. The van der Waals surface area contributed by atoms with Crippen molar-refractivity contribution in [2.45, 2.75) is 26.7 Å². The number of carboxylic acids is 1. The molecule has 0 radical (unpaired) electrons. The molecule has 0 fully saturated rings. The molecule has 1 amide bonds. The van der Waals surface area contributed by atoms with Crippen LogP contribution in [0.3, 0.4) is 0 Å². The van der Waals surface area contributed by atoms with Crippen LogP contribution in [0.25, 0.3) is 6.08 Å². The van der Waals surface area contributed by atoms with Gasteiger partial charge >= 0.3 is 5.97 Å². The highest BCUT2D eigenvalue weighted by molar-refractivity contribution is 5.91. The second-order valence-corrected chi connectivity index (χ2v) is 4.56. The van der Waals surface area contributed by atoms with Gasteiger partial charge in [0.2, 0.25) is 5.91 Å². The Balaban J connectivity index is 2.66. The molecule has 0 bridgehead atoms. The molecule has 0 heterocycles. The summed E-state index contributed by atoms with van der Waals surface area (Å²) in [6, 6.07) is 7.09. The van der Waals surface area contributed by atoms with Crippen LogP contribution in [-0.2, 0) is 9.59 Å². The number of aliphatic carboxylic acids is 1. The molecule has 1 atom stereocenters. The van der Waals surface area contributed by atoms with Gasteiger partial charge < -0.3 is 10.4 Å². The van der Waals surface area contributed by atoms with E-state index in [1.54, 1.807) is 24.3 Å². The molecule has 0 aliphatic rings. The number of hydrogen-bond acceptors (Lipinski definition) is 2. The van der Waals surface area contributed by atoms with Crippen molar-refractivity contribution in [2.75, 3.05) is 5.32 Å². The minimum Gasteiger partial charge on any atom is -0.478 e. The van der Waals surface area contributed by atoms with Crippen LogP contribution in [0.4, 0.5) is 5.69 Å². The van der Waals surface area contributed by atoms with Gasteiger partial charge in [0.15, 0.2) is 0 Å². The van der Waals surface area contributed by atoms with Crippen molar-refractivity contribution in [1.29, 1.82) is 0 Å². The van der Waals surface area contributed by atoms with E-state index in [4.69, 9.17) is 5.11 Å². The minimum atomic E-state index is -0.994. The molecule has 102 valence electrons. The molecule has 2 N–H and O–H groups in total. The Labute approximate surface area is 113 Å². The number of carboxylic acid groups (broad SMARTS) is 1. The zero-order chi connectivity index (χ0) is 14.3. The lowest BCUT2D eigenvalue weighted by molar-refractivity contribution is -0.131. The van der Waals surface area contributed by atoms with Gasteiger partial charge in [-0.25, -0.2) is 4.79 Å². The van der Waals surface area contributed by atoms with E-state index in [0.717, 1.165) is 18.1 Å². The van der Waals surface area contributed by atoms with Crippen LogP contribution < -0.4 is 5.32 Å². The minimum absolute atomic E-state index is 0.0197. The summed E-state index contributed by atoms with van der Waals surface area (Å²) in [6.45, 7) is 4.08. The summed E-state index contributed by atoms with van der Waals surface area (Å²) in [4.78, 5) is 22.2. The first-order chi connectivity index (χ1) is 9.01. The Bertz CT molecular complexity index is 480. The van der Waals surface area contributed by atoms with Crippen molar-refractivity contribution in [3.63, 3.8) is 0 Å². The molecule has 0 saturated carbocycles. The Kier molecular flexibility index (Phi) is 5.79. The van der Waals surface area contributed by atoms with Gasteiger partial charge in [-0.05, 0) is 29.7 Å². The number of anilines is 1. The van der Waals surface area contributed by atoms with Gasteiger partial charge in [0.05, 0.1) is 0 Å². The fourth-order valence-corrected chi connectivity index (χ4v) is 1.56. The van der Waals surface area contributed by atoms with E-state index in [1.807, 2.05) is 6.92 Å². The van der Waals surface area contributed by atoms with Gasteiger partial charge in [-0.3, -0.25) is 4.79 Å². The number of hydrogen-bond donors (Lipinski definition) is 2. The van der Waals surface area contributed by atoms with E-state index in [1.165, 1.54) is 6.08 Å². The summed E-state index contributed by atoms with van der Waals surface area (Å²) in [5, 5.41) is 11.4. The van der Waals surface area contributed by atoms with Crippen LogP contribution >= 0.6 is 0 Å². The molecule has 4 heteroatoms. The van der Waals surface area contributed by atoms with Crippen molar-refractivity contribution in [2.24, 2.45) is 5.92 Å².